The van der Waals surface area contributed by atoms with Crippen LogP contribution in [0.4, 0.5) is 0 Å². The van der Waals surface area contributed by atoms with Crippen molar-refractivity contribution in [3.63, 3.8) is 0 Å². The molecule has 1 amide bonds. The number of amides is 1. The van der Waals surface area contributed by atoms with Crippen molar-refractivity contribution >= 4 is 22.8 Å². The van der Waals surface area contributed by atoms with Gasteiger partial charge < -0.3 is 15.1 Å². The van der Waals surface area contributed by atoms with Gasteiger partial charge in [0.05, 0.1) is 10.9 Å². The van der Waals surface area contributed by atoms with Gasteiger partial charge in [-0.05, 0) is 31.0 Å². The third kappa shape index (κ3) is 3.17. The van der Waals surface area contributed by atoms with E-state index in [9.17, 15) is 19.5 Å². The van der Waals surface area contributed by atoms with Crippen LogP contribution in [0.25, 0.3) is 10.9 Å². The second kappa shape index (κ2) is 7.01. The normalized spacial score (nSPS) is 19.1. The maximum Gasteiger partial charge on any atom is 0.335 e. The van der Waals surface area contributed by atoms with E-state index in [1.54, 1.807) is 22.8 Å². The summed E-state index contributed by atoms with van der Waals surface area (Å²) < 4.78 is 1.74. The summed E-state index contributed by atoms with van der Waals surface area (Å²) in [6.07, 6.45) is 3.78. The van der Waals surface area contributed by atoms with Gasteiger partial charge in [0.2, 0.25) is 0 Å². The number of piperidine rings is 1. The van der Waals surface area contributed by atoms with Crippen LogP contribution in [0.5, 0.6) is 0 Å². The van der Waals surface area contributed by atoms with Crippen molar-refractivity contribution in [1.29, 1.82) is 0 Å². The number of aromatic nitrogens is 2. The molecule has 2 aliphatic heterocycles. The van der Waals surface area contributed by atoms with Gasteiger partial charge in [0.25, 0.3) is 11.5 Å². The molecule has 2 aliphatic rings. The largest absolute Gasteiger partial charge is 0.479 e. The van der Waals surface area contributed by atoms with Crippen LogP contribution < -0.4 is 5.56 Å². The van der Waals surface area contributed by atoms with E-state index in [-0.39, 0.29) is 37.4 Å². The number of likely N-dealkylation sites (tertiary alicyclic amines) is 1. The number of hydrogen-bond donors (Lipinski definition) is 2. The maximum atomic E-state index is 12.8. The number of nitrogens with zero attached hydrogens (tertiary/aromatic N) is 3. The molecule has 3 heterocycles. The SMILES string of the molecule is O=C(c1ccc2c(=O)n3c(nc2c1)CCCCC3)N1CCC(O)(C(=O)O)CC1. The molecule has 1 aromatic carbocycles. The van der Waals surface area contributed by atoms with Crippen molar-refractivity contribution in [2.75, 3.05) is 13.1 Å². The predicted octanol–water partition coefficient (Wildman–Crippen LogP) is 1.17. The first-order valence-corrected chi connectivity index (χ1v) is 9.67. The monoisotopic (exact) mass is 385 g/mol. The maximum absolute atomic E-state index is 12.8. The number of carbonyl (C=O) groups is 2. The molecule has 2 aromatic rings. The summed E-state index contributed by atoms with van der Waals surface area (Å²) in [4.78, 5) is 43.0. The molecule has 0 bridgehead atoms. The number of carbonyl (C=O) groups excluding carboxylic acids is 1. The lowest BCUT2D eigenvalue weighted by atomic mass is 9.91. The lowest BCUT2D eigenvalue weighted by molar-refractivity contribution is -0.162. The third-order valence-corrected chi connectivity index (χ3v) is 5.84. The first kappa shape index (κ1) is 18.6. The Hall–Kier alpha value is -2.74. The van der Waals surface area contributed by atoms with Crippen molar-refractivity contribution in [3.8, 4) is 0 Å². The lowest BCUT2D eigenvalue weighted by Crippen LogP contribution is -2.50. The van der Waals surface area contributed by atoms with E-state index < -0.39 is 11.6 Å². The van der Waals surface area contributed by atoms with Crippen LogP contribution in [0.15, 0.2) is 23.0 Å². The van der Waals surface area contributed by atoms with Gasteiger partial charge in [-0.25, -0.2) is 9.78 Å². The fraction of sp³-hybridized carbons (Fsp3) is 0.500. The van der Waals surface area contributed by atoms with Gasteiger partial charge in [-0.15, -0.1) is 0 Å². The van der Waals surface area contributed by atoms with E-state index in [4.69, 9.17) is 5.11 Å². The Morgan fingerprint density at radius 3 is 2.54 bits per heavy atom. The van der Waals surface area contributed by atoms with Crippen LogP contribution in [0.2, 0.25) is 0 Å². The Balaban J connectivity index is 1.62. The standard InChI is InChI=1S/C20H23N3O5/c24-17(22-10-7-20(28,8-11-22)19(26)27)13-5-6-14-15(12-13)21-16-4-2-1-3-9-23(16)18(14)25/h5-6,12,28H,1-4,7-11H2,(H,26,27). The zero-order valence-corrected chi connectivity index (χ0v) is 15.6. The first-order valence-electron chi connectivity index (χ1n) is 9.67. The molecule has 0 radical (unpaired) electrons. The van der Waals surface area contributed by atoms with Gasteiger partial charge in [-0.2, -0.15) is 0 Å². The van der Waals surface area contributed by atoms with Crippen LogP contribution in [0.3, 0.4) is 0 Å². The molecule has 1 fully saturated rings. The number of aryl methyl sites for hydroxylation is 1. The summed E-state index contributed by atoms with van der Waals surface area (Å²) in [5.74, 6) is -0.731. The third-order valence-electron chi connectivity index (χ3n) is 5.84. The molecule has 148 valence electrons. The molecular weight excluding hydrogens is 362 g/mol. The number of aliphatic hydroxyl groups is 1. The van der Waals surface area contributed by atoms with E-state index in [0.29, 0.717) is 23.0 Å². The summed E-state index contributed by atoms with van der Waals surface area (Å²) in [5.41, 5.74) is -0.902. The highest BCUT2D eigenvalue weighted by atomic mass is 16.4. The molecule has 2 N–H and O–H groups in total. The number of benzene rings is 1. The minimum Gasteiger partial charge on any atom is -0.479 e. The number of carboxylic acids is 1. The second-order valence-electron chi connectivity index (χ2n) is 7.66. The highest BCUT2D eigenvalue weighted by Crippen LogP contribution is 2.24. The number of fused-ring (bicyclic) bond motifs is 2. The highest BCUT2D eigenvalue weighted by molar-refractivity contribution is 5.98. The van der Waals surface area contributed by atoms with Crippen LogP contribution in [0.1, 0.15) is 48.3 Å². The van der Waals surface area contributed by atoms with Gasteiger partial charge in [-0.1, -0.05) is 6.42 Å². The van der Waals surface area contributed by atoms with Gasteiger partial charge in [0.1, 0.15) is 5.82 Å². The molecule has 0 saturated carbocycles. The molecule has 28 heavy (non-hydrogen) atoms. The van der Waals surface area contributed by atoms with Crippen LogP contribution in [-0.4, -0.2) is 55.2 Å². The average molecular weight is 385 g/mol. The number of carboxylic acid groups (broad SMARTS) is 1. The minimum atomic E-state index is -1.77. The lowest BCUT2D eigenvalue weighted by Gasteiger charge is -2.35. The Morgan fingerprint density at radius 2 is 1.82 bits per heavy atom. The van der Waals surface area contributed by atoms with E-state index in [0.717, 1.165) is 31.5 Å². The Bertz CT molecular complexity index is 1000. The Morgan fingerprint density at radius 1 is 1.07 bits per heavy atom. The van der Waals surface area contributed by atoms with E-state index in [2.05, 4.69) is 4.98 Å². The quantitative estimate of drug-likeness (QED) is 0.803. The van der Waals surface area contributed by atoms with Crippen molar-refractivity contribution in [2.45, 2.75) is 50.7 Å². The molecule has 0 atom stereocenters. The van der Waals surface area contributed by atoms with Crippen molar-refractivity contribution in [2.24, 2.45) is 0 Å². The molecule has 0 unspecified atom stereocenters. The second-order valence-corrected chi connectivity index (χ2v) is 7.66. The Kier molecular flexibility index (Phi) is 4.66. The van der Waals surface area contributed by atoms with E-state index in [1.165, 1.54) is 4.90 Å². The summed E-state index contributed by atoms with van der Waals surface area (Å²) in [6, 6.07) is 4.91. The average Bonchev–Trinajstić information content (AvgIpc) is 2.93. The molecule has 8 nitrogen and oxygen atoms in total. The summed E-state index contributed by atoms with van der Waals surface area (Å²) in [6.45, 7) is 1.01. The van der Waals surface area contributed by atoms with E-state index in [1.807, 2.05) is 0 Å². The zero-order valence-electron chi connectivity index (χ0n) is 15.6. The zero-order chi connectivity index (χ0) is 19.9. The predicted molar refractivity (Wildman–Crippen MR) is 101 cm³/mol. The fourth-order valence-corrected chi connectivity index (χ4v) is 4.03. The fourth-order valence-electron chi connectivity index (χ4n) is 4.03. The molecule has 4 rings (SSSR count). The summed E-state index contributed by atoms with van der Waals surface area (Å²) in [5, 5.41) is 19.6. The molecule has 1 saturated heterocycles. The van der Waals surface area contributed by atoms with Crippen LogP contribution >= 0.6 is 0 Å². The topological polar surface area (TPSA) is 113 Å². The van der Waals surface area contributed by atoms with Gasteiger partial charge in [0, 0.05) is 44.5 Å². The van der Waals surface area contributed by atoms with Crippen molar-refractivity contribution in [3.05, 3.63) is 39.9 Å². The molecule has 0 spiro atoms. The van der Waals surface area contributed by atoms with Crippen molar-refractivity contribution < 1.29 is 19.8 Å². The van der Waals surface area contributed by atoms with Gasteiger partial charge in [-0.3, -0.25) is 14.2 Å². The van der Waals surface area contributed by atoms with Crippen LogP contribution in [0, 0.1) is 0 Å². The minimum absolute atomic E-state index is 0.00520. The molecule has 1 aromatic heterocycles. The molecule has 0 aliphatic carbocycles. The molecular formula is C20H23N3O5. The van der Waals surface area contributed by atoms with Gasteiger partial charge in [0.15, 0.2) is 5.60 Å². The van der Waals surface area contributed by atoms with Crippen LogP contribution in [-0.2, 0) is 17.8 Å². The number of hydrogen-bond acceptors (Lipinski definition) is 5. The van der Waals surface area contributed by atoms with Gasteiger partial charge >= 0.3 is 5.97 Å². The Labute approximate surface area is 161 Å². The molecule has 8 heteroatoms. The first-order chi connectivity index (χ1) is 13.4. The highest BCUT2D eigenvalue weighted by Gasteiger charge is 2.40. The summed E-state index contributed by atoms with van der Waals surface area (Å²) in [7, 11) is 0. The number of aliphatic carboxylic acids is 1. The van der Waals surface area contributed by atoms with E-state index >= 15 is 0 Å². The number of rotatable bonds is 2. The smallest absolute Gasteiger partial charge is 0.335 e. The van der Waals surface area contributed by atoms with Crippen molar-refractivity contribution in [1.82, 2.24) is 14.5 Å². The summed E-state index contributed by atoms with van der Waals surface area (Å²) >= 11 is 0.